The van der Waals surface area contributed by atoms with Crippen LogP contribution in [0.1, 0.15) is 24.2 Å². The number of carbonyl (C=O) groups is 1. The lowest BCUT2D eigenvalue weighted by Crippen LogP contribution is -2.48. The van der Waals surface area contributed by atoms with E-state index in [4.69, 9.17) is 4.74 Å². The standard InChI is InChI=1S/C15H23N3O2/c1-12(2)10-18-7-8-20-14(11-18)9-17-15(19)13-3-5-16-6-4-13/h3-6,12,14H,7-11H2,1-2H3,(H,17,19). The second kappa shape index (κ2) is 7.36. The molecule has 1 aromatic rings. The highest BCUT2D eigenvalue weighted by Crippen LogP contribution is 2.07. The van der Waals surface area contributed by atoms with Crippen LogP contribution in [0.5, 0.6) is 0 Å². The molecule has 1 atom stereocenters. The monoisotopic (exact) mass is 277 g/mol. The third-order valence-corrected chi connectivity index (χ3v) is 3.28. The van der Waals surface area contributed by atoms with E-state index in [1.165, 1.54) is 0 Å². The number of ether oxygens (including phenoxy) is 1. The van der Waals surface area contributed by atoms with Crippen molar-refractivity contribution < 1.29 is 9.53 Å². The van der Waals surface area contributed by atoms with Gasteiger partial charge in [-0.2, -0.15) is 0 Å². The van der Waals surface area contributed by atoms with Gasteiger partial charge < -0.3 is 10.1 Å². The molecule has 1 N–H and O–H groups in total. The van der Waals surface area contributed by atoms with Crippen LogP contribution < -0.4 is 5.32 Å². The van der Waals surface area contributed by atoms with Gasteiger partial charge in [-0.1, -0.05) is 13.8 Å². The van der Waals surface area contributed by atoms with Crippen molar-refractivity contribution in [1.29, 1.82) is 0 Å². The fourth-order valence-electron chi connectivity index (χ4n) is 2.40. The van der Waals surface area contributed by atoms with E-state index in [1.54, 1.807) is 24.5 Å². The number of aromatic nitrogens is 1. The SMILES string of the molecule is CC(C)CN1CCOC(CNC(=O)c2ccncc2)C1. The first kappa shape index (κ1) is 14.9. The molecular weight excluding hydrogens is 254 g/mol. The van der Waals surface area contributed by atoms with Crippen molar-refractivity contribution in [2.24, 2.45) is 5.92 Å². The number of carbonyl (C=O) groups excluding carboxylic acids is 1. The number of hydrogen-bond acceptors (Lipinski definition) is 4. The molecule has 2 heterocycles. The molecule has 1 aromatic heterocycles. The van der Waals surface area contributed by atoms with E-state index in [-0.39, 0.29) is 12.0 Å². The molecule has 0 saturated carbocycles. The molecule has 2 rings (SSSR count). The number of hydrogen-bond donors (Lipinski definition) is 1. The van der Waals surface area contributed by atoms with Crippen LogP contribution in [0.3, 0.4) is 0 Å². The second-order valence-electron chi connectivity index (χ2n) is 5.59. The summed E-state index contributed by atoms with van der Waals surface area (Å²) in [6, 6.07) is 3.42. The fourth-order valence-corrected chi connectivity index (χ4v) is 2.40. The third-order valence-electron chi connectivity index (χ3n) is 3.28. The van der Waals surface area contributed by atoms with Crippen molar-refractivity contribution >= 4 is 5.91 Å². The van der Waals surface area contributed by atoms with Gasteiger partial charge >= 0.3 is 0 Å². The molecule has 1 aliphatic heterocycles. The van der Waals surface area contributed by atoms with E-state index >= 15 is 0 Å². The summed E-state index contributed by atoms with van der Waals surface area (Å²) >= 11 is 0. The number of morpholine rings is 1. The molecule has 110 valence electrons. The van der Waals surface area contributed by atoms with Crippen molar-refractivity contribution in [3.63, 3.8) is 0 Å². The highest BCUT2D eigenvalue weighted by atomic mass is 16.5. The van der Waals surface area contributed by atoms with Gasteiger partial charge in [-0.15, -0.1) is 0 Å². The average Bonchev–Trinajstić information content (AvgIpc) is 2.45. The first-order valence-electron chi connectivity index (χ1n) is 7.17. The maximum atomic E-state index is 11.9. The van der Waals surface area contributed by atoms with E-state index in [0.717, 1.165) is 26.2 Å². The zero-order valence-electron chi connectivity index (χ0n) is 12.2. The van der Waals surface area contributed by atoms with E-state index in [2.05, 4.69) is 29.0 Å². The van der Waals surface area contributed by atoms with Crippen LogP contribution in [0.25, 0.3) is 0 Å². The molecule has 0 radical (unpaired) electrons. The normalized spacial score (nSPS) is 20.1. The molecule has 20 heavy (non-hydrogen) atoms. The van der Waals surface area contributed by atoms with Gasteiger partial charge in [0.15, 0.2) is 0 Å². The van der Waals surface area contributed by atoms with Gasteiger partial charge in [0.05, 0.1) is 12.7 Å². The van der Waals surface area contributed by atoms with Crippen LogP contribution in [-0.4, -0.2) is 54.7 Å². The Hall–Kier alpha value is -1.46. The van der Waals surface area contributed by atoms with Gasteiger partial charge in [-0.3, -0.25) is 14.7 Å². The summed E-state index contributed by atoms with van der Waals surface area (Å²) in [5.74, 6) is 0.581. The zero-order chi connectivity index (χ0) is 14.4. The number of amides is 1. The Bertz CT molecular complexity index is 422. The van der Waals surface area contributed by atoms with Crippen LogP contribution in [0.15, 0.2) is 24.5 Å². The summed E-state index contributed by atoms with van der Waals surface area (Å²) in [5.41, 5.74) is 0.634. The molecule has 0 aliphatic carbocycles. The smallest absolute Gasteiger partial charge is 0.251 e. The molecule has 1 unspecified atom stereocenters. The number of rotatable bonds is 5. The maximum Gasteiger partial charge on any atom is 0.251 e. The zero-order valence-corrected chi connectivity index (χ0v) is 12.2. The molecule has 1 saturated heterocycles. The predicted molar refractivity (Wildman–Crippen MR) is 77.6 cm³/mol. The maximum absolute atomic E-state index is 11.9. The largest absolute Gasteiger partial charge is 0.374 e. The van der Waals surface area contributed by atoms with E-state index in [0.29, 0.717) is 18.0 Å². The van der Waals surface area contributed by atoms with Crippen LogP contribution >= 0.6 is 0 Å². The molecule has 0 bridgehead atoms. The Balaban J connectivity index is 1.77. The summed E-state index contributed by atoms with van der Waals surface area (Å²) in [6.45, 7) is 8.67. The van der Waals surface area contributed by atoms with Gasteiger partial charge in [0.1, 0.15) is 0 Å². The third kappa shape index (κ3) is 4.58. The lowest BCUT2D eigenvalue weighted by Gasteiger charge is -2.33. The van der Waals surface area contributed by atoms with Crippen LogP contribution in [0.2, 0.25) is 0 Å². The van der Waals surface area contributed by atoms with E-state index in [1.807, 2.05) is 0 Å². The average molecular weight is 277 g/mol. The lowest BCUT2D eigenvalue weighted by atomic mass is 10.1. The summed E-state index contributed by atoms with van der Waals surface area (Å²) in [4.78, 5) is 18.2. The highest BCUT2D eigenvalue weighted by molar-refractivity contribution is 5.93. The summed E-state index contributed by atoms with van der Waals surface area (Å²) in [7, 11) is 0. The minimum absolute atomic E-state index is 0.0722. The van der Waals surface area contributed by atoms with Gasteiger partial charge in [-0.05, 0) is 18.1 Å². The van der Waals surface area contributed by atoms with Crippen molar-refractivity contribution in [2.45, 2.75) is 20.0 Å². The number of nitrogens with zero attached hydrogens (tertiary/aromatic N) is 2. The Morgan fingerprint density at radius 1 is 1.50 bits per heavy atom. The van der Waals surface area contributed by atoms with E-state index < -0.39 is 0 Å². The lowest BCUT2D eigenvalue weighted by molar-refractivity contribution is -0.0295. The molecule has 1 aliphatic rings. The number of nitrogens with one attached hydrogen (secondary N) is 1. The van der Waals surface area contributed by atoms with E-state index in [9.17, 15) is 4.79 Å². The molecule has 5 nitrogen and oxygen atoms in total. The highest BCUT2D eigenvalue weighted by Gasteiger charge is 2.21. The van der Waals surface area contributed by atoms with Gasteiger partial charge in [0.2, 0.25) is 0 Å². The second-order valence-corrected chi connectivity index (χ2v) is 5.59. The van der Waals surface area contributed by atoms with Gasteiger partial charge in [-0.25, -0.2) is 0 Å². The molecule has 1 fully saturated rings. The van der Waals surface area contributed by atoms with Gasteiger partial charge in [0, 0.05) is 44.1 Å². The predicted octanol–water partition coefficient (Wildman–Crippen LogP) is 1.17. The van der Waals surface area contributed by atoms with Crippen molar-refractivity contribution in [1.82, 2.24) is 15.2 Å². The van der Waals surface area contributed by atoms with Crippen molar-refractivity contribution in [2.75, 3.05) is 32.8 Å². The summed E-state index contributed by atoms with van der Waals surface area (Å²) in [6.07, 6.45) is 3.32. The molecule has 1 amide bonds. The summed E-state index contributed by atoms with van der Waals surface area (Å²) < 4.78 is 5.71. The number of pyridine rings is 1. The molecule has 0 spiro atoms. The molecule has 0 aromatic carbocycles. The quantitative estimate of drug-likeness (QED) is 0.878. The van der Waals surface area contributed by atoms with Crippen LogP contribution in [-0.2, 0) is 4.74 Å². The molecular formula is C15H23N3O2. The Morgan fingerprint density at radius 3 is 2.95 bits per heavy atom. The molecule has 5 heteroatoms. The minimum Gasteiger partial charge on any atom is -0.374 e. The Kier molecular flexibility index (Phi) is 5.49. The van der Waals surface area contributed by atoms with Crippen LogP contribution in [0.4, 0.5) is 0 Å². The van der Waals surface area contributed by atoms with Gasteiger partial charge in [0.25, 0.3) is 5.91 Å². The first-order valence-corrected chi connectivity index (χ1v) is 7.17. The van der Waals surface area contributed by atoms with Crippen molar-refractivity contribution in [3.05, 3.63) is 30.1 Å². The first-order chi connectivity index (χ1) is 9.65. The topological polar surface area (TPSA) is 54.5 Å². The Labute approximate surface area is 120 Å². The fraction of sp³-hybridized carbons (Fsp3) is 0.600. The van der Waals surface area contributed by atoms with Crippen LogP contribution in [0, 0.1) is 5.92 Å². The van der Waals surface area contributed by atoms with Crippen molar-refractivity contribution in [3.8, 4) is 0 Å². The Morgan fingerprint density at radius 2 is 2.25 bits per heavy atom. The minimum atomic E-state index is -0.0722. The summed E-state index contributed by atoms with van der Waals surface area (Å²) in [5, 5.41) is 2.92.